The van der Waals surface area contributed by atoms with E-state index in [0.717, 1.165) is 0 Å². The van der Waals surface area contributed by atoms with Crippen molar-refractivity contribution in [2.24, 2.45) is 5.73 Å². The van der Waals surface area contributed by atoms with Crippen LogP contribution >= 0.6 is 0 Å². The van der Waals surface area contributed by atoms with E-state index in [1.165, 1.54) is 9.80 Å². The summed E-state index contributed by atoms with van der Waals surface area (Å²) < 4.78 is 0. The highest BCUT2D eigenvalue weighted by atomic mass is 16.4. The van der Waals surface area contributed by atoms with Gasteiger partial charge in [0.1, 0.15) is 6.04 Å². The van der Waals surface area contributed by atoms with Crippen LogP contribution < -0.4 is 5.73 Å². The Morgan fingerprint density at radius 1 is 1.15 bits per heavy atom. The highest BCUT2D eigenvalue weighted by Gasteiger charge is 2.45. The molecule has 0 saturated carbocycles. The van der Waals surface area contributed by atoms with Crippen molar-refractivity contribution in [1.29, 1.82) is 0 Å². The van der Waals surface area contributed by atoms with E-state index < -0.39 is 30.1 Å². The highest BCUT2D eigenvalue weighted by molar-refractivity contribution is 5.92. The summed E-state index contributed by atoms with van der Waals surface area (Å²) in [6.07, 6.45) is 0.372. The molecular formula is C12H19N3O5. The third kappa shape index (κ3) is 2.48. The van der Waals surface area contributed by atoms with Gasteiger partial charge in [0, 0.05) is 13.1 Å². The lowest BCUT2D eigenvalue weighted by molar-refractivity contribution is -0.154. The molecule has 0 bridgehead atoms. The van der Waals surface area contributed by atoms with Gasteiger partial charge in [-0.3, -0.25) is 9.59 Å². The van der Waals surface area contributed by atoms with E-state index in [1.807, 2.05) is 0 Å². The molecule has 0 aromatic rings. The van der Waals surface area contributed by atoms with Crippen LogP contribution in [0.3, 0.4) is 0 Å². The molecule has 3 atom stereocenters. The van der Waals surface area contributed by atoms with E-state index in [-0.39, 0.29) is 25.4 Å². The molecular weight excluding hydrogens is 266 g/mol. The molecule has 2 aliphatic heterocycles. The van der Waals surface area contributed by atoms with Gasteiger partial charge in [0.05, 0.1) is 12.6 Å². The van der Waals surface area contributed by atoms with Gasteiger partial charge in [-0.05, 0) is 19.3 Å². The summed E-state index contributed by atoms with van der Waals surface area (Å²) in [5.74, 6) is -1.95. The first-order valence-corrected chi connectivity index (χ1v) is 6.68. The van der Waals surface area contributed by atoms with Crippen LogP contribution in [0.1, 0.15) is 19.3 Å². The molecule has 2 heterocycles. The lowest BCUT2D eigenvalue weighted by Crippen LogP contribution is -2.53. The Labute approximate surface area is 116 Å². The number of carboxylic acid groups (broad SMARTS) is 1. The fourth-order valence-electron chi connectivity index (χ4n) is 2.95. The third-order valence-corrected chi connectivity index (χ3v) is 3.93. The molecule has 2 fully saturated rings. The molecule has 0 unspecified atom stereocenters. The van der Waals surface area contributed by atoms with Crippen molar-refractivity contribution < 1.29 is 24.6 Å². The lowest BCUT2D eigenvalue weighted by atomic mass is 10.1. The summed E-state index contributed by atoms with van der Waals surface area (Å²) in [4.78, 5) is 37.9. The maximum atomic E-state index is 12.5. The van der Waals surface area contributed by atoms with Gasteiger partial charge in [-0.2, -0.15) is 0 Å². The fraction of sp³-hybridized carbons (Fsp3) is 0.750. The van der Waals surface area contributed by atoms with E-state index >= 15 is 0 Å². The number of carbonyl (C=O) groups is 3. The first-order chi connectivity index (χ1) is 9.47. The van der Waals surface area contributed by atoms with Gasteiger partial charge in [0.25, 0.3) is 0 Å². The van der Waals surface area contributed by atoms with Gasteiger partial charge < -0.3 is 25.7 Å². The summed E-state index contributed by atoms with van der Waals surface area (Å²) in [7, 11) is 0. The fourth-order valence-corrected chi connectivity index (χ4v) is 2.95. The summed E-state index contributed by atoms with van der Waals surface area (Å²) in [6.45, 7) is 0.480. The smallest absolute Gasteiger partial charge is 0.329 e. The Balaban J connectivity index is 2.14. The number of likely N-dealkylation sites (tertiary alicyclic amines) is 2. The van der Waals surface area contributed by atoms with Crippen molar-refractivity contribution >= 4 is 17.8 Å². The number of nitrogens with two attached hydrogens (primary N) is 1. The van der Waals surface area contributed by atoms with Crippen LogP contribution in [0.2, 0.25) is 0 Å². The van der Waals surface area contributed by atoms with Crippen LogP contribution in [0, 0.1) is 0 Å². The van der Waals surface area contributed by atoms with E-state index in [1.54, 1.807) is 0 Å². The number of hydrogen-bond donors (Lipinski definition) is 3. The zero-order chi connectivity index (χ0) is 14.9. The normalized spacial score (nSPS) is 29.8. The minimum Gasteiger partial charge on any atom is -0.480 e. The second-order valence-electron chi connectivity index (χ2n) is 5.12. The molecule has 2 aliphatic rings. The zero-order valence-electron chi connectivity index (χ0n) is 11.1. The molecule has 2 rings (SSSR count). The van der Waals surface area contributed by atoms with Crippen molar-refractivity contribution in [3.05, 3.63) is 0 Å². The molecule has 8 heteroatoms. The molecule has 8 nitrogen and oxygen atoms in total. The number of hydrogen-bond acceptors (Lipinski definition) is 5. The SMILES string of the molecule is NCC(=O)N1CCC[C@H]1C(=O)N1CC[C@H](O)[C@H]1C(=O)O. The second-order valence-corrected chi connectivity index (χ2v) is 5.12. The molecule has 0 aromatic carbocycles. The maximum absolute atomic E-state index is 12.5. The Kier molecular flexibility index (Phi) is 4.24. The number of carbonyl (C=O) groups excluding carboxylic acids is 2. The van der Waals surface area contributed by atoms with Crippen LogP contribution in [0.15, 0.2) is 0 Å². The number of aliphatic hydroxyl groups excluding tert-OH is 1. The first-order valence-electron chi connectivity index (χ1n) is 6.68. The van der Waals surface area contributed by atoms with E-state index in [2.05, 4.69) is 0 Å². The molecule has 4 N–H and O–H groups in total. The van der Waals surface area contributed by atoms with Crippen molar-refractivity contribution in [3.8, 4) is 0 Å². The first kappa shape index (κ1) is 14.7. The molecule has 112 valence electrons. The summed E-state index contributed by atoms with van der Waals surface area (Å²) in [5, 5.41) is 18.8. The van der Waals surface area contributed by atoms with Gasteiger partial charge in [-0.15, -0.1) is 0 Å². The molecule has 0 spiro atoms. The van der Waals surface area contributed by atoms with Gasteiger partial charge >= 0.3 is 5.97 Å². The average Bonchev–Trinajstić information content (AvgIpc) is 3.03. The predicted molar refractivity (Wildman–Crippen MR) is 67.6 cm³/mol. The average molecular weight is 285 g/mol. The van der Waals surface area contributed by atoms with Gasteiger partial charge in [0.15, 0.2) is 6.04 Å². The lowest BCUT2D eigenvalue weighted by Gasteiger charge is -2.30. The second kappa shape index (κ2) is 5.76. The van der Waals surface area contributed by atoms with Gasteiger partial charge in [0.2, 0.25) is 11.8 Å². The van der Waals surface area contributed by atoms with Crippen molar-refractivity contribution in [1.82, 2.24) is 9.80 Å². The van der Waals surface area contributed by atoms with E-state index in [9.17, 15) is 19.5 Å². The van der Waals surface area contributed by atoms with Crippen molar-refractivity contribution in [2.75, 3.05) is 19.6 Å². The standard InChI is InChI=1S/C12H19N3O5/c13-6-9(17)14-4-1-2-7(14)11(18)15-5-3-8(16)10(15)12(19)20/h7-8,10,16H,1-6,13H2,(H,19,20)/t7-,8-,10-/m0/s1. The monoisotopic (exact) mass is 285 g/mol. The Morgan fingerprint density at radius 3 is 2.45 bits per heavy atom. The number of aliphatic carboxylic acids is 1. The number of nitrogens with zero attached hydrogens (tertiary/aromatic N) is 2. The van der Waals surface area contributed by atoms with Crippen molar-refractivity contribution in [2.45, 2.75) is 37.5 Å². The van der Waals surface area contributed by atoms with Crippen LogP contribution in [-0.4, -0.2) is 75.6 Å². The number of carboxylic acids is 1. The molecule has 20 heavy (non-hydrogen) atoms. The van der Waals surface area contributed by atoms with Crippen LogP contribution in [0.5, 0.6) is 0 Å². The predicted octanol–water partition coefficient (Wildman–Crippen LogP) is -2.02. The topological polar surface area (TPSA) is 124 Å². The molecule has 0 aromatic heterocycles. The number of amides is 2. The maximum Gasteiger partial charge on any atom is 0.329 e. The summed E-state index contributed by atoms with van der Waals surface area (Å²) in [5.41, 5.74) is 5.32. The quantitative estimate of drug-likeness (QED) is 0.550. The Morgan fingerprint density at radius 2 is 1.85 bits per heavy atom. The molecule has 0 aliphatic carbocycles. The van der Waals surface area contributed by atoms with E-state index in [4.69, 9.17) is 10.8 Å². The molecule has 2 saturated heterocycles. The Hall–Kier alpha value is -1.67. The Bertz CT molecular complexity index is 427. The van der Waals surface area contributed by atoms with Gasteiger partial charge in [-0.1, -0.05) is 0 Å². The number of rotatable bonds is 3. The summed E-state index contributed by atoms with van der Waals surface area (Å²) in [6, 6.07) is -1.88. The minimum absolute atomic E-state index is 0.172. The van der Waals surface area contributed by atoms with Crippen LogP contribution in [-0.2, 0) is 14.4 Å². The summed E-state index contributed by atoms with van der Waals surface area (Å²) >= 11 is 0. The third-order valence-electron chi connectivity index (χ3n) is 3.93. The number of aliphatic hydroxyl groups is 1. The van der Waals surface area contributed by atoms with Crippen LogP contribution in [0.4, 0.5) is 0 Å². The largest absolute Gasteiger partial charge is 0.480 e. The molecule has 2 amide bonds. The van der Waals surface area contributed by atoms with E-state index in [0.29, 0.717) is 19.4 Å². The van der Waals surface area contributed by atoms with Crippen molar-refractivity contribution in [3.63, 3.8) is 0 Å². The van der Waals surface area contributed by atoms with Gasteiger partial charge in [-0.25, -0.2) is 4.79 Å². The highest BCUT2D eigenvalue weighted by Crippen LogP contribution is 2.25. The minimum atomic E-state index is -1.22. The zero-order valence-corrected chi connectivity index (χ0v) is 11.1. The molecule has 0 radical (unpaired) electrons. The van der Waals surface area contributed by atoms with Crippen LogP contribution in [0.25, 0.3) is 0 Å².